The number of non-ortho nitro benzene ring substituents is 1. The van der Waals surface area contributed by atoms with Crippen molar-refractivity contribution in [1.29, 1.82) is 0 Å². The van der Waals surface area contributed by atoms with E-state index in [2.05, 4.69) is 10.1 Å². The van der Waals surface area contributed by atoms with Gasteiger partial charge in [0.25, 0.3) is 5.69 Å². The number of aliphatic hydroxyl groups excluding tert-OH is 1. The number of aliphatic hydroxyl groups is 1. The number of hydrogen-bond donors (Lipinski definition) is 2. The van der Waals surface area contributed by atoms with E-state index in [0.29, 0.717) is 0 Å². The second-order valence-electron chi connectivity index (χ2n) is 4.25. The van der Waals surface area contributed by atoms with Crippen LogP contribution in [0.25, 0.3) is 0 Å². The lowest BCUT2D eigenvalue weighted by Gasteiger charge is -2.16. The van der Waals surface area contributed by atoms with Gasteiger partial charge in [0, 0.05) is 24.4 Å². The first kappa shape index (κ1) is 17.7. The summed E-state index contributed by atoms with van der Waals surface area (Å²) < 4.78 is 40.9. The zero-order valence-electron chi connectivity index (χ0n) is 11.4. The highest BCUT2D eigenvalue weighted by molar-refractivity contribution is 5.96. The summed E-state index contributed by atoms with van der Waals surface area (Å²) in [6, 6.07) is 3.23. The standard InChI is InChI=1S/C12H13F3N2O5/c1-22-11(19)8-6-7(17(20)21)2-3-9(8)16-5-4-10(18)12(13,14)15/h2-3,6,10,16,18H,4-5H2,1H3/t10-/m0/s1. The van der Waals surface area contributed by atoms with Crippen LogP contribution in [0.4, 0.5) is 24.5 Å². The summed E-state index contributed by atoms with van der Waals surface area (Å²) in [6.45, 7) is -0.289. The summed E-state index contributed by atoms with van der Waals surface area (Å²) in [4.78, 5) is 21.5. The molecule has 0 unspecified atom stereocenters. The van der Waals surface area contributed by atoms with E-state index >= 15 is 0 Å². The summed E-state index contributed by atoms with van der Waals surface area (Å²) >= 11 is 0. The maximum Gasteiger partial charge on any atom is 0.414 e. The van der Waals surface area contributed by atoms with Crippen LogP contribution in [0.1, 0.15) is 16.8 Å². The molecule has 0 aliphatic carbocycles. The molecule has 0 saturated carbocycles. The first-order valence-electron chi connectivity index (χ1n) is 6.02. The number of carbonyl (C=O) groups excluding carboxylic acids is 1. The van der Waals surface area contributed by atoms with Crippen LogP contribution in [-0.2, 0) is 4.74 Å². The maximum absolute atomic E-state index is 12.2. The van der Waals surface area contributed by atoms with Crippen LogP contribution in [-0.4, -0.2) is 41.9 Å². The lowest BCUT2D eigenvalue weighted by atomic mass is 10.1. The number of hydrogen-bond acceptors (Lipinski definition) is 6. The van der Waals surface area contributed by atoms with Crippen LogP contribution in [0.5, 0.6) is 0 Å². The number of esters is 1. The Morgan fingerprint density at radius 1 is 1.50 bits per heavy atom. The Labute approximate surface area is 122 Å². The second-order valence-corrected chi connectivity index (χ2v) is 4.25. The molecule has 1 aromatic rings. The number of nitro groups is 1. The Bertz CT molecular complexity index is 562. The van der Waals surface area contributed by atoms with Crippen molar-refractivity contribution in [3.63, 3.8) is 0 Å². The minimum atomic E-state index is -4.73. The van der Waals surface area contributed by atoms with E-state index < -0.39 is 29.6 Å². The number of nitro benzene ring substituents is 1. The van der Waals surface area contributed by atoms with Gasteiger partial charge < -0.3 is 15.2 Å². The molecule has 10 heteroatoms. The van der Waals surface area contributed by atoms with E-state index in [9.17, 15) is 28.1 Å². The number of methoxy groups -OCH3 is 1. The number of halogens is 3. The van der Waals surface area contributed by atoms with Crippen LogP contribution in [0.15, 0.2) is 18.2 Å². The first-order valence-corrected chi connectivity index (χ1v) is 6.02. The van der Waals surface area contributed by atoms with Gasteiger partial charge in [-0.1, -0.05) is 0 Å². The molecule has 22 heavy (non-hydrogen) atoms. The number of carbonyl (C=O) groups is 1. The normalized spacial score (nSPS) is 12.6. The van der Waals surface area contributed by atoms with Gasteiger partial charge in [-0.2, -0.15) is 13.2 Å². The van der Waals surface area contributed by atoms with E-state index in [1.165, 1.54) is 6.07 Å². The van der Waals surface area contributed by atoms with Gasteiger partial charge in [-0.25, -0.2) is 4.79 Å². The molecule has 0 bridgehead atoms. The summed E-state index contributed by atoms with van der Waals surface area (Å²) in [6.07, 6.45) is -7.87. The fraction of sp³-hybridized carbons (Fsp3) is 0.417. The fourth-order valence-corrected chi connectivity index (χ4v) is 1.59. The van der Waals surface area contributed by atoms with Crippen molar-refractivity contribution in [2.75, 3.05) is 19.0 Å². The zero-order valence-corrected chi connectivity index (χ0v) is 11.4. The zero-order chi connectivity index (χ0) is 16.9. The number of ether oxygens (including phenoxy) is 1. The van der Waals surface area contributed by atoms with E-state index in [0.717, 1.165) is 19.2 Å². The third kappa shape index (κ3) is 4.58. The van der Waals surface area contributed by atoms with Gasteiger partial charge in [0.2, 0.25) is 0 Å². The summed E-state index contributed by atoms with van der Waals surface area (Å²) in [5.41, 5.74) is -0.466. The Kier molecular flexibility index (Phi) is 5.69. The average molecular weight is 322 g/mol. The highest BCUT2D eigenvalue weighted by Gasteiger charge is 2.37. The van der Waals surface area contributed by atoms with Gasteiger partial charge in [0.1, 0.15) is 0 Å². The molecule has 0 amide bonds. The quantitative estimate of drug-likeness (QED) is 0.472. The average Bonchev–Trinajstić information content (AvgIpc) is 2.45. The van der Waals surface area contributed by atoms with E-state index in [1.54, 1.807) is 0 Å². The molecule has 0 heterocycles. The molecule has 0 fully saturated rings. The molecule has 1 rings (SSSR count). The summed E-state index contributed by atoms with van der Waals surface area (Å²) in [7, 11) is 1.07. The number of anilines is 1. The van der Waals surface area contributed by atoms with Gasteiger partial charge in [-0.3, -0.25) is 10.1 Å². The van der Waals surface area contributed by atoms with Crippen LogP contribution >= 0.6 is 0 Å². The lowest BCUT2D eigenvalue weighted by molar-refractivity contribution is -0.384. The topological polar surface area (TPSA) is 102 Å². The van der Waals surface area contributed by atoms with Crippen LogP contribution in [0.3, 0.4) is 0 Å². The molecular weight excluding hydrogens is 309 g/mol. The minimum absolute atomic E-state index is 0.0758. The summed E-state index contributed by atoms with van der Waals surface area (Å²) in [5.74, 6) is -0.873. The van der Waals surface area contributed by atoms with Crippen molar-refractivity contribution >= 4 is 17.3 Å². The number of benzene rings is 1. The fourth-order valence-electron chi connectivity index (χ4n) is 1.59. The molecule has 1 aromatic carbocycles. The third-order valence-corrected chi connectivity index (χ3v) is 2.73. The molecule has 0 spiro atoms. The second kappa shape index (κ2) is 7.07. The molecular formula is C12H13F3N2O5. The Morgan fingerprint density at radius 2 is 2.14 bits per heavy atom. The predicted octanol–water partition coefficient (Wildman–Crippen LogP) is 2.11. The number of rotatable bonds is 6. The third-order valence-electron chi connectivity index (χ3n) is 2.73. The number of alkyl halides is 3. The highest BCUT2D eigenvalue weighted by Crippen LogP contribution is 2.25. The maximum atomic E-state index is 12.2. The van der Waals surface area contributed by atoms with Crippen LogP contribution in [0.2, 0.25) is 0 Å². The smallest absolute Gasteiger partial charge is 0.414 e. The highest BCUT2D eigenvalue weighted by atomic mass is 19.4. The Balaban J connectivity index is 2.86. The van der Waals surface area contributed by atoms with Crippen LogP contribution < -0.4 is 5.32 Å². The molecule has 0 aromatic heterocycles. The molecule has 122 valence electrons. The van der Waals surface area contributed by atoms with Gasteiger partial charge in [-0.05, 0) is 12.5 Å². The summed E-state index contributed by atoms with van der Waals surface area (Å²) in [5, 5.41) is 22.0. The minimum Gasteiger partial charge on any atom is -0.465 e. The van der Waals surface area contributed by atoms with E-state index in [1.807, 2.05) is 0 Å². The number of nitrogens with zero attached hydrogens (tertiary/aromatic N) is 1. The molecule has 0 saturated heterocycles. The van der Waals surface area contributed by atoms with Crippen molar-refractivity contribution in [2.24, 2.45) is 0 Å². The molecule has 7 nitrogen and oxygen atoms in total. The van der Waals surface area contributed by atoms with Crippen molar-refractivity contribution in [2.45, 2.75) is 18.7 Å². The molecule has 0 aliphatic heterocycles. The van der Waals surface area contributed by atoms with Crippen molar-refractivity contribution in [1.82, 2.24) is 0 Å². The van der Waals surface area contributed by atoms with Crippen molar-refractivity contribution in [3.05, 3.63) is 33.9 Å². The molecule has 0 aliphatic rings. The van der Waals surface area contributed by atoms with Gasteiger partial charge in [0.15, 0.2) is 6.10 Å². The molecule has 2 N–H and O–H groups in total. The lowest BCUT2D eigenvalue weighted by Crippen LogP contribution is -2.30. The molecule has 1 atom stereocenters. The van der Waals surface area contributed by atoms with Gasteiger partial charge in [-0.15, -0.1) is 0 Å². The molecule has 0 radical (unpaired) electrons. The van der Waals surface area contributed by atoms with Crippen molar-refractivity contribution < 1.29 is 32.7 Å². The van der Waals surface area contributed by atoms with E-state index in [4.69, 9.17) is 5.11 Å². The Hall–Kier alpha value is -2.36. The largest absolute Gasteiger partial charge is 0.465 e. The van der Waals surface area contributed by atoms with Gasteiger partial charge in [0.05, 0.1) is 17.6 Å². The van der Waals surface area contributed by atoms with Crippen LogP contribution in [0, 0.1) is 10.1 Å². The predicted molar refractivity (Wildman–Crippen MR) is 69.6 cm³/mol. The first-order chi connectivity index (χ1) is 10.2. The SMILES string of the molecule is COC(=O)c1cc([N+](=O)[O-])ccc1NCC[C@H](O)C(F)(F)F. The Morgan fingerprint density at radius 3 is 2.64 bits per heavy atom. The van der Waals surface area contributed by atoms with Gasteiger partial charge >= 0.3 is 12.1 Å². The van der Waals surface area contributed by atoms with Crippen molar-refractivity contribution in [3.8, 4) is 0 Å². The number of nitrogens with one attached hydrogen (secondary N) is 1. The monoisotopic (exact) mass is 322 g/mol. The van der Waals surface area contributed by atoms with E-state index in [-0.39, 0.29) is 23.5 Å².